The van der Waals surface area contributed by atoms with E-state index < -0.39 is 197 Å². The highest BCUT2D eigenvalue weighted by atomic mass is 16.6. The molecule has 2 heterocycles. The van der Waals surface area contributed by atoms with Crippen LogP contribution in [-0.4, -0.2) is 275 Å². The molecule has 33 heteroatoms. The number of carbonyl (C=O) groups is 12. The summed E-state index contributed by atoms with van der Waals surface area (Å²) in [4.78, 5) is 181. The molecule has 117 heavy (non-hydrogen) atoms. The van der Waals surface area contributed by atoms with Crippen molar-refractivity contribution in [3.8, 4) is 46.0 Å². The van der Waals surface area contributed by atoms with Crippen LogP contribution < -0.4 is 26.0 Å². The third kappa shape index (κ3) is 25.9. The number of rotatable bonds is 18. The molecule has 5 rings (SSSR count). The van der Waals surface area contributed by atoms with E-state index in [1.807, 2.05) is 61.5 Å². The first-order valence-electron chi connectivity index (χ1n) is 39.9. The fourth-order valence-electron chi connectivity index (χ4n) is 14.2. The van der Waals surface area contributed by atoms with Gasteiger partial charge in [0.15, 0.2) is 34.9 Å². The van der Waals surface area contributed by atoms with E-state index in [0.29, 0.717) is 12.0 Å². The topological polar surface area (TPSA) is 456 Å². The van der Waals surface area contributed by atoms with Crippen molar-refractivity contribution in [3.63, 3.8) is 0 Å². The summed E-state index contributed by atoms with van der Waals surface area (Å²) in [6.07, 6.45) is 0.919. The summed E-state index contributed by atoms with van der Waals surface area (Å²) in [5, 5.41) is 91.3. The maximum atomic E-state index is 15.1. The molecule has 2 aliphatic rings. The lowest BCUT2D eigenvalue weighted by atomic mass is 9.91. The second-order valence-corrected chi connectivity index (χ2v) is 33.3. The number of likely N-dealkylation sites (N-methyl/N-ethyl adjacent to an activating group) is 7. The minimum atomic E-state index is -1.61. The van der Waals surface area contributed by atoms with Crippen LogP contribution in [0.4, 0.5) is 0 Å². The number of amides is 11. The van der Waals surface area contributed by atoms with E-state index in [4.69, 9.17) is 9.47 Å². The standard InChI is InChI=1S/C62H111N11O12.C22H18O10/c1-25-27-28-40(15)52(75)51-56(79)65-43(26-2)58(81)67(18)33-48(74)68(19)44(29-34(3)4)55(78)66-49(38(11)12)61(84)69(20)45(30-35(5)6)54(77)63-41(16)53(76)64-42(17)57(80)70(21)46(31-36(7)8)59(82)71(22)47(32-37(9)10)60(83)72(23)50(39(13)14)62(85)73(51)24;23-11-6-14(25)12-8-19(32-22(30)10-4-16(27)20(29)17(28)5-10)21(31-18(12)7-11)9-1-2-13(24)15(26)3-9/h25,27,34-47,49-52,75H,26,28-33H2,1-24H3,(H,63,77)(H,64,76)(H,65,79)(H,66,78);1-7,19,21,23-29H,8H2. The van der Waals surface area contributed by atoms with Gasteiger partial charge in [-0.2, -0.15) is 0 Å². The van der Waals surface area contributed by atoms with Crippen LogP contribution in [0, 0.1) is 41.4 Å². The van der Waals surface area contributed by atoms with Crippen molar-refractivity contribution >= 4 is 70.9 Å². The van der Waals surface area contributed by atoms with Gasteiger partial charge in [-0.1, -0.05) is 115 Å². The highest BCUT2D eigenvalue weighted by Gasteiger charge is 2.47. The number of ether oxygens (including phenoxy) is 2. The second-order valence-electron chi connectivity index (χ2n) is 33.3. The van der Waals surface area contributed by atoms with Crippen molar-refractivity contribution in [2.24, 2.45) is 41.4 Å². The largest absolute Gasteiger partial charge is 0.508 e. The van der Waals surface area contributed by atoms with Gasteiger partial charge < -0.3 is 106 Å². The summed E-state index contributed by atoms with van der Waals surface area (Å²) < 4.78 is 11.4. The number of fused-ring (bicyclic) bond motifs is 1. The third-order valence-electron chi connectivity index (χ3n) is 21.1. The van der Waals surface area contributed by atoms with E-state index in [1.54, 1.807) is 54.5 Å². The van der Waals surface area contributed by atoms with E-state index >= 15 is 9.59 Å². The summed E-state index contributed by atoms with van der Waals surface area (Å²) in [6, 6.07) is -4.26. The number of phenols is 7. The summed E-state index contributed by atoms with van der Waals surface area (Å²) >= 11 is 0. The van der Waals surface area contributed by atoms with Gasteiger partial charge in [0.25, 0.3) is 0 Å². The molecule has 14 unspecified atom stereocenters. The van der Waals surface area contributed by atoms with E-state index in [1.165, 1.54) is 112 Å². The van der Waals surface area contributed by atoms with E-state index in [9.17, 15) is 88.8 Å². The molecule has 2 aliphatic heterocycles. The van der Waals surface area contributed by atoms with Gasteiger partial charge in [-0.15, -0.1) is 0 Å². The number of hydrogen-bond acceptors (Lipinski definition) is 22. The monoisotopic (exact) mass is 1640 g/mol. The number of aliphatic hydroxyl groups excluding tert-OH is 1. The van der Waals surface area contributed by atoms with Gasteiger partial charge in [0.2, 0.25) is 65.0 Å². The number of hydrogen-bond donors (Lipinski definition) is 12. The van der Waals surface area contributed by atoms with Crippen molar-refractivity contribution in [2.45, 2.75) is 241 Å². The highest BCUT2D eigenvalue weighted by Crippen LogP contribution is 2.45. The minimum Gasteiger partial charge on any atom is -0.508 e. The van der Waals surface area contributed by atoms with Crippen molar-refractivity contribution < 1.29 is 108 Å². The van der Waals surface area contributed by atoms with Crippen LogP contribution in [0.15, 0.2) is 54.6 Å². The van der Waals surface area contributed by atoms with Gasteiger partial charge in [-0.25, -0.2) is 4.79 Å². The molecule has 0 spiro atoms. The molecule has 0 aromatic heterocycles. The number of nitrogens with one attached hydrogen (secondary N) is 4. The number of nitrogens with zero attached hydrogens (tertiary/aromatic N) is 7. The van der Waals surface area contributed by atoms with Gasteiger partial charge in [0.05, 0.1) is 18.2 Å². The Morgan fingerprint density at radius 2 is 1.00 bits per heavy atom. The Kier molecular flexibility index (Phi) is 36.8. The molecule has 0 saturated carbocycles. The summed E-state index contributed by atoms with van der Waals surface area (Å²) in [6.45, 7) is 29.3. The maximum Gasteiger partial charge on any atom is 0.338 e. The van der Waals surface area contributed by atoms with Crippen LogP contribution >= 0.6 is 0 Å². The number of benzene rings is 3. The molecule has 33 nitrogen and oxygen atoms in total. The lowest BCUT2D eigenvalue weighted by molar-refractivity contribution is -0.157. The number of allylic oxidation sites excluding steroid dienone is 2. The van der Waals surface area contributed by atoms with Crippen LogP contribution in [0.5, 0.6) is 46.0 Å². The Morgan fingerprint density at radius 1 is 0.513 bits per heavy atom. The number of esters is 1. The number of aliphatic hydroxyl groups is 1. The Morgan fingerprint density at radius 3 is 1.50 bits per heavy atom. The lowest BCUT2D eigenvalue weighted by Gasteiger charge is -2.41. The smallest absolute Gasteiger partial charge is 0.338 e. The first-order valence-corrected chi connectivity index (χ1v) is 39.9. The zero-order valence-corrected chi connectivity index (χ0v) is 72.3. The van der Waals surface area contributed by atoms with Crippen LogP contribution in [0.1, 0.15) is 184 Å². The van der Waals surface area contributed by atoms with Crippen molar-refractivity contribution in [1.29, 1.82) is 0 Å². The van der Waals surface area contributed by atoms with Gasteiger partial charge in [0, 0.05) is 79.0 Å². The molecule has 3 aromatic carbocycles. The Labute approximate surface area is 687 Å². The molecule has 1 saturated heterocycles. The molecule has 652 valence electrons. The minimum absolute atomic E-state index is 0.0229. The lowest BCUT2D eigenvalue weighted by Crippen LogP contribution is -2.63. The zero-order chi connectivity index (χ0) is 89.1. The maximum absolute atomic E-state index is 15.1. The molecule has 1 fully saturated rings. The fraction of sp³-hybridized carbons (Fsp3) is 0.619. The number of aromatic hydroxyl groups is 7. The molecule has 0 bridgehead atoms. The molecule has 12 N–H and O–H groups in total. The van der Waals surface area contributed by atoms with Gasteiger partial charge in [-0.3, -0.25) is 52.7 Å². The summed E-state index contributed by atoms with van der Waals surface area (Å²) in [7, 11) is 9.92. The molecule has 0 radical (unpaired) electrons. The van der Waals surface area contributed by atoms with Gasteiger partial charge in [0.1, 0.15) is 83.8 Å². The molecule has 11 amide bonds. The Bertz CT molecular complexity index is 4010. The first-order chi connectivity index (χ1) is 54.3. The average molecular weight is 1650 g/mol. The SMILES string of the molecule is CC=CCC(C)C(O)C1C(=O)NC(CC)C(=O)N(C)CC(=O)N(C)C(CC(C)C)C(=O)NC(C(C)C)C(=O)N(C)C(CC(C)C)C(=O)NC(C)C(=O)NC(C)C(=O)N(C)C(CC(C)C)C(=O)N(C)C(CC(C)C)C(=O)N(C)C(C(C)C)C(=O)N1C.O=C(OC1Cc2c(O)cc(O)cc2OC1c1ccc(O)c(O)c1)c1cc(O)c(O)c(O)c1. The third-order valence-corrected chi connectivity index (χ3v) is 21.1. The molecular formula is C84H129N11O22. The molecule has 14 atom stereocenters. The van der Waals surface area contributed by atoms with Gasteiger partial charge in [-0.05, 0) is 125 Å². The van der Waals surface area contributed by atoms with E-state index in [-0.39, 0.29) is 96.3 Å². The quantitative estimate of drug-likeness (QED) is 0.0407. The van der Waals surface area contributed by atoms with Crippen molar-refractivity contribution in [3.05, 3.63) is 71.3 Å². The highest BCUT2D eigenvalue weighted by molar-refractivity contribution is 6.00. The Hall–Kier alpha value is -10.6. The normalized spacial score (nSPS) is 24.3. The zero-order valence-electron chi connectivity index (χ0n) is 72.3. The predicted octanol–water partition coefficient (Wildman–Crippen LogP) is 5.80. The Balaban J connectivity index is 0.000000736. The van der Waals surface area contributed by atoms with Crippen LogP contribution in [0.3, 0.4) is 0 Å². The van der Waals surface area contributed by atoms with Crippen molar-refractivity contribution in [1.82, 2.24) is 55.6 Å². The van der Waals surface area contributed by atoms with Crippen LogP contribution in [-0.2, 0) is 63.9 Å². The molecular weight excluding hydrogens is 1510 g/mol. The number of phenolic OH excluding ortho intramolecular Hbond substituents is 7. The first kappa shape index (κ1) is 98.8. The van der Waals surface area contributed by atoms with Crippen molar-refractivity contribution in [2.75, 3.05) is 55.9 Å². The average Bonchev–Trinajstić information content (AvgIpc) is 0.783. The van der Waals surface area contributed by atoms with Crippen LogP contribution in [0.25, 0.3) is 0 Å². The summed E-state index contributed by atoms with van der Waals surface area (Å²) in [5.41, 5.74) is 0.324. The fourth-order valence-corrected chi connectivity index (χ4v) is 14.2. The van der Waals surface area contributed by atoms with E-state index in [2.05, 4.69) is 21.3 Å². The summed E-state index contributed by atoms with van der Waals surface area (Å²) in [5.74, 6) is -14.1. The van der Waals surface area contributed by atoms with Crippen LogP contribution in [0.2, 0.25) is 0 Å². The number of carbonyl (C=O) groups excluding carboxylic acids is 12. The molecule has 0 aliphatic carbocycles. The van der Waals surface area contributed by atoms with Gasteiger partial charge >= 0.3 is 5.97 Å². The predicted molar refractivity (Wildman–Crippen MR) is 436 cm³/mol. The second kappa shape index (κ2) is 43.6. The van der Waals surface area contributed by atoms with E-state index in [0.717, 1.165) is 28.0 Å². The molecule has 3 aromatic rings.